The van der Waals surface area contributed by atoms with Crippen molar-refractivity contribution in [2.45, 2.75) is 50.5 Å². The van der Waals surface area contributed by atoms with Crippen LogP contribution in [0.4, 0.5) is 19.0 Å². The summed E-state index contributed by atoms with van der Waals surface area (Å²) in [5, 5.41) is 31.7. The van der Waals surface area contributed by atoms with Crippen molar-refractivity contribution in [3.63, 3.8) is 0 Å². The first-order valence-electron chi connectivity index (χ1n) is 7.84. The van der Waals surface area contributed by atoms with E-state index in [2.05, 4.69) is 15.3 Å². The number of rotatable bonds is 5. The number of nitrogens with zero attached hydrogens (tertiary/aromatic N) is 3. The van der Waals surface area contributed by atoms with Gasteiger partial charge in [0.15, 0.2) is 5.69 Å². The second-order valence-corrected chi connectivity index (χ2v) is 6.06. The van der Waals surface area contributed by atoms with Crippen LogP contribution in [0.5, 0.6) is 0 Å². The molecule has 11 heteroatoms. The topological polar surface area (TPSA) is 121 Å². The van der Waals surface area contributed by atoms with Gasteiger partial charge in [-0.2, -0.15) is 18.4 Å². The Hall–Kier alpha value is -2.00. The normalized spacial score (nSPS) is 26.6. The van der Waals surface area contributed by atoms with Gasteiger partial charge < -0.3 is 25.0 Å². The molecule has 1 aromatic rings. The average Bonchev–Trinajstić information content (AvgIpc) is 2.57. The van der Waals surface area contributed by atoms with Gasteiger partial charge >= 0.3 is 6.18 Å². The fourth-order valence-electron chi connectivity index (χ4n) is 2.35. The number of alkyl halides is 3. The van der Waals surface area contributed by atoms with E-state index in [9.17, 15) is 23.4 Å². The monoisotopic (exact) mass is 376 g/mol. The highest BCUT2D eigenvalue weighted by molar-refractivity contribution is 5.40. The predicted octanol–water partition coefficient (Wildman–Crippen LogP) is 0.693. The molecule has 3 N–H and O–H groups in total. The molecule has 2 heterocycles. The van der Waals surface area contributed by atoms with Crippen LogP contribution in [-0.2, 0) is 15.7 Å². The molecule has 0 amide bonds. The van der Waals surface area contributed by atoms with Gasteiger partial charge in [-0.1, -0.05) is 0 Å². The van der Waals surface area contributed by atoms with E-state index in [0.717, 1.165) is 0 Å². The molecule has 1 aliphatic heterocycles. The number of aliphatic hydroxyl groups is 2. The third kappa shape index (κ3) is 5.01. The van der Waals surface area contributed by atoms with Crippen molar-refractivity contribution >= 4 is 5.82 Å². The van der Waals surface area contributed by atoms with Gasteiger partial charge in [0.1, 0.15) is 30.2 Å². The van der Waals surface area contributed by atoms with E-state index in [1.807, 2.05) is 0 Å². The minimum absolute atomic E-state index is 0.0624. The lowest BCUT2D eigenvalue weighted by Gasteiger charge is -2.38. The van der Waals surface area contributed by atoms with Gasteiger partial charge in [0.2, 0.25) is 5.82 Å². The van der Waals surface area contributed by atoms with Crippen molar-refractivity contribution in [1.82, 2.24) is 9.97 Å². The third-order valence-electron chi connectivity index (χ3n) is 3.68. The molecule has 144 valence electrons. The summed E-state index contributed by atoms with van der Waals surface area (Å²) in [4.78, 5) is 6.75. The van der Waals surface area contributed by atoms with Gasteiger partial charge in [-0.15, -0.1) is 0 Å². The van der Waals surface area contributed by atoms with Crippen molar-refractivity contribution < 1.29 is 32.9 Å². The summed E-state index contributed by atoms with van der Waals surface area (Å²) < 4.78 is 49.3. The minimum atomic E-state index is -4.76. The number of nitrogens with one attached hydrogen (secondary N) is 1. The summed E-state index contributed by atoms with van der Waals surface area (Å²) >= 11 is 0. The molecule has 0 unspecified atom stereocenters. The average molecular weight is 376 g/mol. The molecule has 0 bridgehead atoms. The number of ether oxygens (including phenoxy) is 2. The summed E-state index contributed by atoms with van der Waals surface area (Å²) in [5.74, 6) is -0.974. The Kier molecular flexibility index (Phi) is 6.35. The van der Waals surface area contributed by atoms with Crippen molar-refractivity contribution in [1.29, 1.82) is 5.26 Å². The molecule has 8 nitrogen and oxygen atoms in total. The second kappa shape index (κ2) is 8.13. The first-order valence-corrected chi connectivity index (χ1v) is 7.84. The summed E-state index contributed by atoms with van der Waals surface area (Å²) in [6.07, 6.45) is -8.26. The summed E-state index contributed by atoms with van der Waals surface area (Å²) in [6, 6.07) is 1.14. The number of hydrogen-bond acceptors (Lipinski definition) is 8. The van der Waals surface area contributed by atoms with E-state index in [1.54, 1.807) is 13.8 Å². The van der Waals surface area contributed by atoms with Crippen molar-refractivity contribution in [3.05, 3.63) is 17.6 Å². The lowest BCUT2D eigenvalue weighted by atomic mass is 9.98. The van der Waals surface area contributed by atoms with Crippen LogP contribution in [0.15, 0.2) is 6.07 Å². The highest BCUT2D eigenvalue weighted by atomic mass is 19.4. The lowest BCUT2D eigenvalue weighted by Crippen LogP contribution is -2.57. The van der Waals surface area contributed by atoms with Crippen LogP contribution in [0, 0.1) is 11.3 Å². The summed E-state index contributed by atoms with van der Waals surface area (Å²) in [6.45, 7) is 3.57. The number of halogens is 3. The molecule has 4 atom stereocenters. The maximum atomic E-state index is 12.8. The quantitative estimate of drug-likeness (QED) is 0.687. The smallest absolute Gasteiger partial charge is 0.388 e. The van der Waals surface area contributed by atoms with E-state index >= 15 is 0 Å². The lowest BCUT2D eigenvalue weighted by molar-refractivity contribution is -0.163. The number of aromatic nitrogens is 2. The molecule has 26 heavy (non-hydrogen) atoms. The largest absolute Gasteiger partial charge is 0.433 e. The molecule has 0 aromatic carbocycles. The van der Waals surface area contributed by atoms with Crippen LogP contribution in [0.3, 0.4) is 0 Å². The zero-order valence-electron chi connectivity index (χ0n) is 14.1. The van der Waals surface area contributed by atoms with Crippen molar-refractivity contribution in [2.75, 3.05) is 18.5 Å². The van der Waals surface area contributed by atoms with Crippen molar-refractivity contribution in [2.24, 2.45) is 0 Å². The van der Waals surface area contributed by atoms with E-state index in [-0.39, 0.29) is 25.1 Å². The predicted molar refractivity (Wildman–Crippen MR) is 82.0 cm³/mol. The second-order valence-electron chi connectivity index (χ2n) is 6.06. The maximum Gasteiger partial charge on any atom is 0.433 e. The zero-order chi connectivity index (χ0) is 19.5. The Morgan fingerprint density at radius 2 is 2.08 bits per heavy atom. The van der Waals surface area contributed by atoms with Crippen LogP contribution in [0.1, 0.15) is 25.4 Å². The van der Waals surface area contributed by atoms with Crippen molar-refractivity contribution in [3.8, 4) is 6.07 Å². The summed E-state index contributed by atoms with van der Waals surface area (Å²) in [5.41, 5.74) is -1.29. The van der Waals surface area contributed by atoms with Gasteiger partial charge in [-0.3, -0.25) is 0 Å². The van der Waals surface area contributed by atoms with Crippen LogP contribution in [0.25, 0.3) is 0 Å². The number of aliphatic hydroxyl groups excluding tert-OH is 2. The third-order valence-corrected chi connectivity index (χ3v) is 3.68. The zero-order valence-corrected chi connectivity index (χ0v) is 14.1. The first kappa shape index (κ1) is 20.3. The van der Waals surface area contributed by atoms with Crippen LogP contribution < -0.4 is 5.32 Å². The fraction of sp³-hybridized carbons (Fsp3) is 0.667. The summed E-state index contributed by atoms with van der Waals surface area (Å²) in [7, 11) is 0. The highest BCUT2D eigenvalue weighted by Gasteiger charge is 2.39. The van der Waals surface area contributed by atoms with E-state index in [1.165, 1.54) is 6.07 Å². The minimum Gasteiger partial charge on any atom is -0.388 e. The Morgan fingerprint density at radius 3 is 2.65 bits per heavy atom. The Bertz CT molecular complexity index is 665. The molecule has 0 spiro atoms. The molecule has 2 rings (SSSR count). The molecule has 1 fully saturated rings. The fourth-order valence-corrected chi connectivity index (χ4v) is 2.35. The molecule has 0 saturated carbocycles. The van der Waals surface area contributed by atoms with Crippen LogP contribution in [-0.4, -0.2) is 63.9 Å². The molecule has 1 saturated heterocycles. The number of anilines is 1. The maximum absolute atomic E-state index is 12.8. The Balaban J connectivity index is 2.11. The molecular formula is C15H19F3N4O4. The van der Waals surface area contributed by atoms with Gasteiger partial charge in [0.25, 0.3) is 0 Å². The van der Waals surface area contributed by atoms with Crippen LogP contribution in [0.2, 0.25) is 0 Å². The standard InChI is InChI=1S/C15H19F3N4O4/c1-7(2)25-6-9-14(24)13(23)8(5-26-9)20-11-3-10(15(16,17)18)21-12(4-19)22-11/h3,7-9,13-14,23-24H,5-6H2,1-2H3,(H,20,21,22)/t8-,9+,13+,14-/m0/s1. The van der Waals surface area contributed by atoms with E-state index in [0.29, 0.717) is 6.07 Å². The van der Waals surface area contributed by atoms with Gasteiger partial charge in [0.05, 0.1) is 25.4 Å². The highest BCUT2D eigenvalue weighted by Crippen LogP contribution is 2.29. The molecular weight excluding hydrogens is 357 g/mol. The van der Waals surface area contributed by atoms with Gasteiger partial charge in [-0.25, -0.2) is 9.97 Å². The molecule has 0 radical (unpaired) electrons. The molecule has 1 aromatic heterocycles. The number of nitriles is 1. The van der Waals surface area contributed by atoms with E-state index in [4.69, 9.17) is 14.7 Å². The number of hydrogen-bond donors (Lipinski definition) is 3. The first-order chi connectivity index (χ1) is 12.1. The SMILES string of the molecule is CC(C)OC[C@H]1OC[C@H](Nc2cc(C(F)(F)F)nc(C#N)n2)[C@@H](O)[C@H]1O. The Morgan fingerprint density at radius 1 is 1.38 bits per heavy atom. The van der Waals surface area contributed by atoms with Gasteiger partial charge in [0, 0.05) is 6.07 Å². The molecule has 1 aliphatic rings. The molecule has 0 aliphatic carbocycles. The van der Waals surface area contributed by atoms with E-state index < -0.39 is 42.0 Å². The van der Waals surface area contributed by atoms with Gasteiger partial charge in [-0.05, 0) is 13.8 Å². The Labute approximate surface area is 147 Å². The van der Waals surface area contributed by atoms with Crippen LogP contribution >= 0.6 is 0 Å².